The van der Waals surface area contributed by atoms with E-state index < -0.39 is 57.1 Å². The number of amides is 4. The largest absolute Gasteiger partial charge is 0.491 e. The van der Waals surface area contributed by atoms with Crippen molar-refractivity contribution in [3.05, 3.63) is 41.5 Å². The van der Waals surface area contributed by atoms with Gasteiger partial charge in [-0.25, -0.2) is 0 Å². The number of halogens is 2. The summed E-state index contributed by atoms with van der Waals surface area (Å²) in [6.45, 7) is -0.0758. The van der Waals surface area contributed by atoms with Crippen LogP contribution in [0.4, 0.5) is 0 Å². The highest BCUT2D eigenvalue weighted by Gasteiger charge is 2.75. The second-order valence-corrected chi connectivity index (χ2v) is 11.7. The molecule has 4 aliphatic rings. The van der Waals surface area contributed by atoms with Crippen LogP contribution in [-0.4, -0.2) is 86.2 Å². The van der Waals surface area contributed by atoms with E-state index in [0.29, 0.717) is 16.9 Å². The number of benzene rings is 1. The molecule has 2 heterocycles. The number of alkyl halides is 2. The van der Waals surface area contributed by atoms with Gasteiger partial charge >= 0.3 is 5.97 Å². The normalized spacial score (nSPS) is 33.6. The van der Waals surface area contributed by atoms with Crippen molar-refractivity contribution in [1.82, 2.24) is 9.80 Å². The van der Waals surface area contributed by atoms with Crippen molar-refractivity contribution in [3.8, 4) is 5.75 Å². The Hall–Kier alpha value is -2.95. The number of hydrogen-bond acceptors (Lipinski definition) is 7. The molecule has 6 unspecified atom stereocenters. The predicted octanol–water partition coefficient (Wildman–Crippen LogP) is 1.91. The van der Waals surface area contributed by atoms with Gasteiger partial charge in [-0.15, -0.1) is 23.2 Å². The van der Waals surface area contributed by atoms with Crippen molar-refractivity contribution in [2.45, 2.75) is 41.3 Å². The fourth-order valence-electron chi connectivity index (χ4n) is 6.71. The molecule has 0 bridgehead atoms. The van der Waals surface area contributed by atoms with Crippen LogP contribution < -0.4 is 4.74 Å². The zero-order chi connectivity index (χ0) is 28.3. The van der Waals surface area contributed by atoms with Gasteiger partial charge in [0.1, 0.15) is 12.4 Å². The summed E-state index contributed by atoms with van der Waals surface area (Å²) in [5.41, 5.74) is 1.27. The molecule has 1 saturated carbocycles. The number of likely N-dealkylation sites (tertiary alicyclic amines) is 2. The van der Waals surface area contributed by atoms with Crippen LogP contribution in [-0.2, 0) is 24.0 Å². The molecule has 208 valence electrons. The van der Waals surface area contributed by atoms with Crippen LogP contribution in [0, 0.1) is 17.8 Å². The lowest BCUT2D eigenvalue weighted by molar-refractivity contribution is -0.142. The summed E-state index contributed by atoms with van der Waals surface area (Å²) in [6.07, 6.45) is 1.94. The number of carbonyl (C=O) groups is 5. The zero-order valence-electron chi connectivity index (χ0n) is 21.1. The van der Waals surface area contributed by atoms with Gasteiger partial charge in [0.2, 0.25) is 11.8 Å². The molecule has 1 aromatic carbocycles. The first-order valence-corrected chi connectivity index (χ1v) is 13.5. The van der Waals surface area contributed by atoms with Crippen LogP contribution in [0.15, 0.2) is 35.9 Å². The third-order valence-electron chi connectivity index (χ3n) is 8.45. The average Bonchev–Trinajstić information content (AvgIpc) is 3.22. The molecule has 1 aromatic rings. The SMILES string of the molecule is CN1C(=O)C2(Cl)CC3C(=CCC4C(=O)N(CCCC(=O)O)C(=O)C43)C(c3ccc(OCCO)cc3)C2(Cl)C1=O. The number of aliphatic hydroxyl groups excluding tert-OH is 1. The molecule has 2 saturated heterocycles. The zero-order valence-corrected chi connectivity index (χ0v) is 22.7. The predicted molar refractivity (Wildman–Crippen MR) is 138 cm³/mol. The number of carbonyl (C=O) groups excluding carboxylic acids is 4. The van der Waals surface area contributed by atoms with E-state index >= 15 is 0 Å². The Bertz CT molecular complexity index is 1280. The first kappa shape index (κ1) is 27.6. The summed E-state index contributed by atoms with van der Waals surface area (Å²) >= 11 is 14.2. The van der Waals surface area contributed by atoms with E-state index in [-0.39, 0.29) is 51.3 Å². The van der Waals surface area contributed by atoms with Crippen molar-refractivity contribution >= 4 is 52.8 Å². The standard InChI is InChI=1S/C27H28Cl2N2O8/c1-30-24(37)26(28)13-18-16(8-9-17-20(18)23(36)31(22(17)35)10-2-3-19(33)34)21(27(26,29)25(30)38)14-4-6-15(7-5-14)39-12-11-32/h4-8,17-18,20-21,32H,2-3,9-13H2,1H3,(H,33,34). The van der Waals surface area contributed by atoms with Gasteiger partial charge in [0.25, 0.3) is 11.8 Å². The maximum Gasteiger partial charge on any atom is 0.303 e. The summed E-state index contributed by atoms with van der Waals surface area (Å²) in [5.74, 6) is -5.60. The summed E-state index contributed by atoms with van der Waals surface area (Å²) in [4.78, 5) is 63.1. The van der Waals surface area contributed by atoms with E-state index in [1.54, 1.807) is 24.3 Å². The van der Waals surface area contributed by atoms with E-state index in [1.807, 2.05) is 6.08 Å². The third-order valence-corrected chi connectivity index (χ3v) is 9.86. The molecule has 0 aromatic heterocycles. The number of hydrogen-bond donors (Lipinski definition) is 2. The van der Waals surface area contributed by atoms with Gasteiger partial charge in [0.15, 0.2) is 9.75 Å². The minimum Gasteiger partial charge on any atom is -0.491 e. The maximum atomic E-state index is 13.6. The van der Waals surface area contributed by atoms with Gasteiger partial charge in [-0.05, 0) is 42.9 Å². The highest BCUT2D eigenvalue weighted by Crippen LogP contribution is 2.65. The second kappa shape index (κ2) is 9.91. The number of allylic oxidation sites excluding steroid dienone is 2. The Morgan fingerprint density at radius 1 is 1.08 bits per heavy atom. The van der Waals surface area contributed by atoms with Crippen molar-refractivity contribution in [1.29, 1.82) is 0 Å². The summed E-state index contributed by atoms with van der Waals surface area (Å²) < 4.78 is 5.46. The van der Waals surface area contributed by atoms with Crippen molar-refractivity contribution in [2.24, 2.45) is 17.8 Å². The lowest BCUT2D eigenvalue weighted by Crippen LogP contribution is -2.60. The molecular formula is C27H28Cl2N2O8. The molecular weight excluding hydrogens is 551 g/mol. The Morgan fingerprint density at radius 2 is 1.77 bits per heavy atom. The average molecular weight is 579 g/mol. The highest BCUT2D eigenvalue weighted by molar-refractivity contribution is 6.53. The van der Waals surface area contributed by atoms with Gasteiger partial charge in [-0.2, -0.15) is 0 Å². The van der Waals surface area contributed by atoms with Crippen molar-refractivity contribution < 1.29 is 38.9 Å². The Labute approximate surface area is 234 Å². The number of aliphatic carboxylic acids is 1. The fourth-order valence-corrected chi connectivity index (χ4v) is 7.73. The molecule has 2 N–H and O–H groups in total. The number of imide groups is 2. The Morgan fingerprint density at radius 3 is 2.41 bits per heavy atom. The minimum absolute atomic E-state index is 0.0105. The molecule has 0 spiro atoms. The molecule has 3 fully saturated rings. The monoisotopic (exact) mass is 578 g/mol. The van der Waals surface area contributed by atoms with E-state index in [0.717, 1.165) is 9.80 Å². The van der Waals surface area contributed by atoms with Crippen molar-refractivity contribution in [2.75, 3.05) is 26.8 Å². The molecule has 2 aliphatic carbocycles. The smallest absolute Gasteiger partial charge is 0.303 e. The first-order chi connectivity index (χ1) is 18.5. The van der Waals surface area contributed by atoms with Gasteiger partial charge in [0, 0.05) is 25.9 Å². The van der Waals surface area contributed by atoms with Crippen LogP contribution in [0.1, 0.15) is 37.2 Å². The van der Waals surface area contributed by atoms with E-state index in [9.17, 15) is 24.0 Å². The van der Waals surface area contributed by atoms with Crippen LogP contribution >= 0.6 is 23.2 Å². The summed E-state index contributed by atoms with van der Waals surface area (Å²) in [5, 5.41) is 18.0. The second-order valence-electron chi connectivity index (χ2n) is 10.5. The lowest BCUT2D eigenvalue weighted by Gasteiger charge is -2.50. The number of fused-ring (bicyclic) bond motifs is 4. The summed E-state index contributed by atoms with van der Waals surface area (Å²) in [7, 11) is 1.33. The molecule has 4 amide bonds. The molecule has 10 nitrogen and oxygen atoms in total. The topological polar surface area (TPSA) is 142 Å². The molecule has 12 heteroatoms. The van der Waals surface area contributed by atoms with Crippen LogP contribution in [0.5, 0.6) is 5.75 Å². The van der Waals surface area contributed by atoms with Gasteiger partial charge < -0.3 is 14.9 Å². The molecule has 6 atom stereocenters. The quantitative estimate of drug-likeness (QED) is 0.270. The number of aliphatic hydroxyl groups is 1. The minimum atomic E-state index is -1.87. The Balaban J connectivity index is 1.57. The summed E-state index contributed by atoms with van der Waals surface area (Å²) in [6, 6.07) is 6.75. The fraction of sp³-hybridized carbons (Fsp3) is 0.519. The molecule has 39 heavy (non-hydrogen) atoms. The van der Waals surface area contributed by atoms with Gasteiger partial charge in [-0.3, -0.25) is 33.8 Å². The number of ether oxygens (including phenoxy) is 1. The molecule has 0 radical (unpaired) electrons. The Kier molecular flexibility index (Phi) is 7.01. The highest BCUT2D eigenvalue weighted by atomic mass is 35.5. The number of rotatable bonds is 8. The first-order valence-electron chi connectivity index (χ1n) is 12.8. The maximum absolute atomic E-state index is 13.6. The molecule has 2 aliphatic heterocycles. The number of carboxylic acid groups (broad SMARTS) is 1. The van der Waals surface area contributed by atoms with Gasteiger partial charge in [0.05, 0.1) is 18.4 Å². The van der Waals surface area contributed by atoms with Crippen molar-refractivity contribution in [3.63, 3.8) is 0 Å². The third kappa shape index (κ3) is 3.98. The van der Waals surface area contributed by atoms with E-state index in [4.69, 9.17) is 38.2 Å². The van der Waals surface area contributed by atoms with Crippen LogP contribution in [0.25, 0.3) is 0 Å². The van der Waals surface area contributed by atoms with E-state index in [1.165, 1.54) is 7.05 Å². The van der Waals surface area contributed by atoms with Crippen LogP contribution in [0.2, 0.25) is 0 Å². The number of carboxylic acids is 1. The molecule has 5 rings (SSSR count). The number of nitrogens with zero attached hydrogens (tertiary/aromatic N) is 2. The van der Waals surface area contributed by atoms with E-state index in [2.05, 4.69) is 0 Å². The van der Waals surface area contributed by atoms with Gasteiger partial charge in [-0.1, -0.05) is 23.8 Å². The lowest BCUT2D eigenvalue weighted by atomic mass is 9.56. The van der Waals surface area contributed by atoms with Crippen LogP contribution in [0.3, 0.4) is 0 Å².